The summed E-state index contributed by atoms with van der Waals surface area (Å²) in [6.45, 7) is 4.02. The average Bonchev–Trinajstić information content (AvgIpc) is 2.53. The number of aryl methyl sites for hydroxylation is 1. The highest BCUT2D eigenvalue weighted by Crippen LogP contribution is 2.27. The molecule has 0 aliphatic rings. The van der Waals surface area contributed by atoms with E-state index in [2.05, 4.69) is 39.1 Å². The maximum absolute atomic E-state index is 5.69. The Morgan fingerprint density at radius 2 is 2.07 bits per heavy atom. The van der Waals surface area contributed by atoms with Gasteiger partial charge < -0.3 is 5.73 Å². The molecule has 15 heavy (non-hydrogen) atoms. The van der Waals surface area contributed by atoms with Gasteiger partial charge in [0, 0.05) is 15.6 Å². The van der Waals surface area contributed by atoms with Crippen LogP contribution < -0.4 is 5.73 Å². The first kappa shape index (κ1) is 10.2. The molecule has 4 heteroatoms. The third-order valence-electron chi connectivity index (χ3n) is 2.49. The number of aromatic nitrogens is 2. The number of nitrogens with two attached hydrogens (primary N) is 1. The van der Waals surface area contributed by atoms with Gasteiger partial charge in [0.1, 0.15) is 5.82 Å². The number of benzene rings is 1. The molecule has 0 spiro atoms. The molecule has 1 heterocycles. The minimum absolute atomic E-state index is 0.561. The van der Waals surface area contributed by atoms with Crippen LogP contribution in [0.1, 0.15) is 11.1 Å². The van der Waals surface area contributed by atoms with Gasteiger partial charge in [-0.05, 0) is 31.5 Å². The molecule has 2 aromatic rings. The molecule has 0 fully saturated rings. The van der Waals surface area contributed by atoms with Gasteiger partial charge in [-0.1, -0.05) is 22.0 Å². The van der Waals surface area contributed by atoms with Crippen molar-refractivity contribution in [3.8, 4) is 11.3 Å². The lowest BCUT2D eigenvalue weighted by Crippen LogP contribution is -1.87. The highest BCUT2D eigenvalue weighted by Gasteiger charge is 2.08. The maximum Gasteiger partial charge on any atom is 0.148 e. The van der Waals surface area contributed by atoms with Crippen molar-refractivity contribution in [2.75, 3.05) is 5.73 Å². The second-order valence-corrected chi connectivity index (χ2v) is 4.43. The van der Waals surface area contributed by atoms with Gasteiger partial charge in [0.15, 0.2) is 0 Å². The zero-order chi connectivity index (χ0) is 11.0. The van der Waals surface area contributed by atoms with Gasteiger partial charge in [-0.3, -0.25) is 5.10 Å². The predicted molar refractivity (Wildman–Crippen MR) is 65.6 cm³/mol. The second kappa shape index (κ2) is 3.70. The molecule has 0 atom stereocenters. The summed E-state index contributed by atoms with van der Waals surface area (Å²) in [4.78, 5) is 0. The second-order valence-electron chi connectivity index (χ2n) is 3.57. The molecule has 3 nitrogen and oxygen atoms in total. The number of nitrogen functional groups attached to an aromatic ring is 1. The number of rotatable bonds is 1. The van der Waals surface area contributed by atoms with E-state index in [1.54, 1.807) is 0 Å². The fourth-order valence-electron chi connectivity index (χ4n) is 1.49. The van der Waals surface area contributed by atoms with Crippen molar-refractivity contribution in [2.45, 2.75) is 13.8 Å². The van der Waals surface area contributed by atoms with Crippen molar-refractivity contribution in [1.29, 1.82) is 0 Å². The van der Waals surface area contributed by atoms with Crippen molar-refractivity contribution in [1.82, 2.24) is 10.2 Å². The van der Waals surface area contributed by atoms with Crippen molar-refractivity contribution < 1.29 is 0 Å². The standard InChI is InChI=1S/C11H12BrN3/c1-6-5-8(3-4-9(6)12)10-7(2)11(13)15-14-10/h3-5H,1-2H3,(H3,13,14,15). The Hall–Kier alpha value is -1.29. The topological polar surface area (TPSA) is 54.7 Å². The van der Waals surface area contributed by atoms with Gasteiger partial charge in [-0.25, -0.2) is 0 Å². The molecule has 0 amide bonds. The van der Waals surface area contributed by atoms with E-state index in [1.165, 1.54) is 5.56 Å². The third kappa shape index (κ3) is 1.77. The summed E-state index contributed by atoms with van der Waals surface area (Å²) in [7, 11) is 0. The Morgan fingerprint density at radius 3 is 2.60 bits per heavy atom. The quantitative estimate of drug-likeness (QED) is 0.833. The minimum atomic E-state index is 0.561. The lowest BCUT2D eigenvalue weighted by molar-refractivity contribution is 1.10. The molecule has 1 aromatic carbocycles. The summed E-state index contributed by atoms with van der Waals surface area (Å²) >= 11 is 3.48. The fraction of sp³-hybridized carbons (Fsp3) is 0.182. The largest absolute Gasteiger partial charge is 0.382 e. The molecule has 0 unspecified atom stereocenters. The smallest absolute Gasteiger partial charge is 0.148 e. The molecule has 3 N–H and O–H groups in total. The van der Waals surface area contributed by atoms with Gasteiger partial charge in [0.25, 0.3) is 0 Å². The SMILES string of the molecule is Cc1cc(-c2[nH]nc(N)c2C)ccc1Br. The van der Waals surface area contributed by atoms with Crippen LogP contribution in [-0.2, 0) is 0 Å². The lowest BCUT2D eigenvalue weighted by Gasteiger charge is -2.03. The molecule has 0 bridgehead atoms. The maximum atomic E-state index is 5.69. The first-order chi connectivity index (χ1) is 7.09. The predicted octanol–water partition coefficient (Wildman–Crippen LogP) is 3.04. The normalized spacial score (nSPS) is 10.6. The first-order valence-corrected chi connectivity index (χ1v) is 5.46. The van der Waals surface area contributed by atoms with E-state index >= 15 is 0 Å². The molecule has 1 aromatic heterocycles. The number of anilines is 1. The van der Waals surface area contributed by atoms with E-state index in [-0.39, 0.29) is 0 Å². The Bertz CT molecular complexity index is 503. The number of hydrogen-bond acceptors (Lipinski definition) is 2. The Kier molecular flexibility index (Phi) is 2.52. The summed E-state index contributed by atoms with van der Waals surface area (Å²) in [5, 5.41) is 6.93. The van der Waals surface area contributed by atoms with Crippen LogP contribution in [0.2, 0.25) is 0 Å². The molecular formula is C11H12BrN3. The zero-order valence-electron chi connectivity index (χ0n) is 8.63. The minimum Gasteiger partial charge on any atom is -0.382 e. The highest BCUT2D eigenvalue weighted by molar-refractivity contribution is 9.10. The lowest BCUT2D eigenvalue weighted by atomic mass is 10.1. The Balaban J connectivity index is 2.55. The van der Waals surface area contributed by atoms with E-state index < -0.39 is 0 Å². The van der Waals surface area contributed by atoms with E-state index in [4.69, 9.17) is 5.73 Å². The van der Waals surface area contributed by atoms with Crippen LogP contribution in [0.4, 0.5) is 5.82 Å². The van der Waals surface area contributed by atoms with Crippen LogP contribution in [-0.4, -0.2) is 10.2 Å². The average molecular weight is 266 g/mol. The number of H-pyrrole nitrogens is 1. The summed E-state index contributed by atoms with van der Waals surface area (Å²) in [5.74, 6) is 0.561. The molecule has 0 aliphatic heterocycles. The number of aromatic amines is 1. The number of nitrogens with zero attached hydrogens (tertiary/aromatic N) is 1. The van der Waals surface area contributed by atoms with E-state index in [9.17, 15) is 0 Å². The summed E-state index contributed by atoms with van der Waals surface area (Å²) in [5.41, 5.74) is 9.98. The molecular weight excluding hydrogens is 254 g/mol. The van der Waals surface area contributed by atoms with Crippen molar-refractivity contribution in [3.63, 3.8) is 0 Å². The van der Waals surface area contributed by atoms with Gasteiger partial charge in [-0.15, -0.1) is 0 Å². The molecule has 0 saturated heterocycles. The van der Waals surface area contributed by atoms with Crippen molar-refractivity contribution in [2.24, 2.45) is 0 Å². The van der Waals surface area contributed by atoms with Gasteiger partial charge in [0.05, 0.1) is 5.69 Å². The molecule has 0 aliphatic carbocycles. The molecule has 0 radical (unpaired) electrons. The van der Waals surface area contributed by atoms with Crippen LogP contribution in [0.3, 0.4) is 0 Å². The van der Waals surface area contributed by atoms with Crippen LogP contribution in [0.15, 0.2) is 22.7 Å². The van der Waals surface area contributed by atoms with E-state index in [0.29, 0.717) is 5.82 Å². The molecule has 78 valence electrons. The third-order valence-corrected chi connectivity index (χ3v) is 3.38. The van der Waals surface area contributed by atoms with Crippen LogP contribution in [0.5, 0.6) is 0 Å². The van der Waals surface area contributed by atoms with Crippen molar-refractivity contribution in [3.05, 3.63) is 33.8 Å². The van der Waals surface area contributed by atoms with Crippen molar-refractivity contribution >= 4 is 21.7 Å². The van der Waals surface area contributed by atoms with Crippen LogP contribution >= 0.6 is 15.9 Å². The van der Waals surface area contributed by atoms with E-state index in [0.717, 1.165) is 21.3 Å². The monoisotopic (exact) mass is 265 g/mol. The first-order valence-electron chi connectivity index (χ1n) is 4.66. The van der Waals surface area contributed by atoms with Gasteiger partial charge in [0.2, 0.25) is 0 Å². The Morgan fingerprint density at radius 1 is 1.33 bits per heavy atom. The summed E-state index contributed by atoms with van der Waals surface area (Å²) < 4.78 is 1.11. The van der Waals surface area contributed by atoms with E-state index in [1.807, 2.05) is 19.1 Å². The zero-order valence-corrected chi connectivity index (χ0v) is 10.2. The van der Waals surface area contributed by atoms with Crippen LogP contribution in [0.25, 0.3) is 11.3 Å². The van der Waals surface area contributed by atoms with Gasteiger partial charge >= 0.3 is 0 Å². The fourth-order valence-corrected chi connectivity index (χ4v) is 1.74. The highest BCUT2D eigenvalue weighted by atomic mass is 79.9. The van der Waals surface area contributed by atoms with Gasteiger partial charge in [-0.2, -0.15) is 5.10 Å². The molecule has 2 rings (SSSR count). The number of nitrogens with one attached hydrogen (secondary N) is 1. The number of hydrogen-bond donors (Lipinski definition) is 2. The van der Waals surface area contributed by atoms with Crippen LogP contribution in [0, 0.1) is 13.8 Å². The summed E-state index contributed by atoms with van der Waals surface area (Å²) in [6, 6.07) is 6.17. The Labute approximate surface area is 96.8 Å². The summed E-state index contributed by atoms with van der Waals surface area (Å²) in [6.07, 6.45) is 0. The molecule has 0 saturated carbocycles. The number of halogens is 1.